The van der Waals surface area contributed by atoms with Gasteiger partial charge in [-0.05, 0) is 66.6 Å². The van der Waals surface area contributed by atoms with Crippen molar-refractivity contribution in [1.82, 2.24) is 9.97 Å². The van der Waals surface area contributed by atoms with Crippen molar-refractivity contribution in [3.63, 3.8) is 0 Å². The molecule has 2 N–H and O–H groups in total. The second-order valence-electron chi connectivity index (χ2n) is 7.18. The van der Waals surface area contributed by atoms with Gasteiger partial charge in [-0.1, -0.05) is 23.7 Å². The van der Waals surface area contributed by atoms with E-state index in [4.69, 9.17) is 16.3 Å². The Balaban J connectivity index is 1.22. The van der Waals surface area contributed by atoms with Crippen LogP contribution in [0.1, 0.15) is 12.0 Å². The van der Waals surface area contributed by atoms with E-state index in [9.17, 15) is 0 Å². The maximum atomic E-state index is 5.91. The Bertz CT molecular complexity index is 1120. The van der Waals surface area contributed by atoms with Gasteiger partial charge in [0.25, 0.3) is 0 Å². The summed E-state index contributed by atoms with van der Waals surface area (Å²) in [7, 11) is 0. The Morgan fingerprint density at radius 3 is 2.38 bits per heavy atom. The van der Waals surface area contributed by atoms with Crippen LogP contribution in [-0.2, 0) is 6.54 Å². The van der Waals surface area contributed by atoms with Gasteiger partial charge in [-0.25, -0.2) is 4.98 Å². The molecule has 5 nitrogen and oxygen atoms in total. The molecule has 0 amide bonds. The largest absolute Gasteiger partial charge is 0.457 e. The second-order valence-corrected chi connectivity index (χ2v) is 7.62. The topological polar surface area (TPSA) is 53.2 Å². The third-order valence-electron chi connectivity index (χ3n) is 5.12. The summed E-state index contributed by atoms with van der Waals surface area (Å²) in [6.07, 6.45) is 1.28. The van der Waals surface area contributed by atoms with Gasteiger partial charge in [0.2, 0.25) is 5.95 Å². The number of halogens is 1. The maximum Gasteiger partial charge on any atom is 0.201 e. The number of hydrogen-bond acceptors (Lipinski definition) is 4. The number of benzene rings is 3. The zero-order valence-corrected chi connectivity index (χ0v) is 16.6. The van der Waals surface area contributed by atoms with E-state index in [1.807, 2.05) is 48.5 Å². The fourth-order valence-electron chi connectivity index (χ4n) is 3.35. The summed E-state index contributed by atoms with van der Waals surface area (Å²) >= 11 is 5.91. The van der Waals surface area contributed by atoms with Crippen LogP contribution in [0.4, 0.5) is 11.6 Å². The van der Waals surface area contributed by atoms with Crippen LogP contribution in [0, 0.1) is 0 Å². The Hall–Kier alpha value is -3.18. The molecule has 0 spiro atoms. The standard InChI is InChI=1S/C23H21ClN4O/c24-17-4-9-20(10-5-17)29-19-7-2-16(3-8-19)15-25-23-26-21-11-6-18(14-22(21)27-23)28-12-1-13-28/h2-11,14H,1,12-13,15H2,(H2,25,26,27). The normalized spacial score (nSPS) is 13.3. The summed E-state index contributed by atoms with van der Waals surface area (Å²) in [5.41, 5.74) is 4.44. The molecular weight excluding hydrogens is 384 g/mol. The van der Waals surface area contributed by atoms with Gasteiger partial charge in [-0.15, -0.1) is 0 Å². The lowest BCUT2D eigenvalue weighted by Crippen LogP contribution is -2.36. The molecule has 1 aliphatic rings. The van der Waals surface area contributed by atoms with E-state index < -0.39 is 0 Å². The highest BCUT2D eigenvalue weighted by Gasteiger charge is 2.15. The van der Waals surface area contributed by atoms with Crippen LogP contribution < -0.4 is 15.0 Å². The highest BCUT2D eigenvalue weighted by atomic mass is 35.5. The summed E-state index contributed by atoms with van der Waals surface area (Å²) in [4.78, 5) is 10.4. The minimum Gasteiger partial charge on any atom is -0.457 e. The first-order valence-electron chi connectivity index (χ1n) is 9.74. The molecule has 0 aliphatic carbocycles. The van der Waals surface area contributed by atoms with Crippen LogP contribution in [-0.4, -0.2) is 23.1 Å². The fourth-order valence-corrected chi connectivity index (χ4v) is 3.48. The molecule has 1 fully saturated rings. The van der Waals surface area contributed by atoms with E-state index in [0.717, 1.165) is 47.1 Å². The summed E-state index contributed by atoms with van der Waals surface area (Å²) in [6, 6.07) is 21.7. The van der Waals surface area contributed by atoms with E-state index in [2.05, 4.69) is 38.4 Å². The number of aromatic nitrogens is 2. The third kappa shape index (κ3) is 4.00. The fraction of sp³-hybridized carbons (Fsp3) is 0.174. The van der Waals surface area contributed by atoms with Crippen LogP contribution >= 0.6 is 11.6 Å². The first-order valence-corrected chi connectivity index (χ1v) is 10.1. The molecule has 5 rings (SSSR count). The van der Waals surface area contributed by atoms with Crippen LogP contribution in [0.3, 0.4) is 0 Å². The minimum absolute atomic E-state index is 0.681. The van der Waals surface area contributed by atoms with Gasteiger partial charge in [-0.2, -0.15) is 0 Å². The average Bonchev–Trinajstić information content (AvgIpc) is 3.10. The molecule has 0 bridgehead atoms. The Morgan fingerprint density at radius 1 is 0.966 bits per heavy atom. The molecule has 0 atom stereocenters. The first kappa shape index (κ1) is 17.9. The minimum atomic E-state index is 0.681. The molecule has 1 saturated heterocycles. The van der Waals surface area contributed by atoms with Crippen LogP contribution in [0.15, 0.2) is 66.7 Å². The number of anilines is 2. The number of hydrogen-bond donors (Lipinski definition) is 2. The van der Waals surface area contributed by atoms with Crippen molar-refractivity contribution in [3.05, 3.63) is 77.3 Å². The van der Waals surface area contributed by atoms with Gasteiger partial charge in [0.1, 0.15) is 11.5 Å². The molecule has 0 radical (unpaired) electrons. The Morgan fingerprint density at radius 2 is 1.69 bits per heavy atom. The van der Waals surface area contributed by atoms with Crippen molar-refractivity contribution < 1.29 is 4.74 Å². The lowest BCUT2D eigenvalue weighted by atomic mass is 10.1. The Labute approximate surface area is 174 Å². The van der Waals surface area contributed by atoms with Gasteiger partial charge in [-0.3, -0.25) is 0 Å². The van der Waals surface area contributed by atoms with E-state index >= 15 is 0 Å². The Kier molecular flexibility index (Phi) is 4.74. The zero-order chi connectivity index (χ0) is 19.6. The summed E-state index contributed by atoms with van der Waals surface area (Å²) in [6.45, 7) is 2.96. The molecule has 1 aromatic heterocycles. The maximum absolute atomic E-state index is 5.91. The van der Waals surface area contributed by atoms with Gasteiger partial charge >= 0.3 is 0 Å². The van der Waals surface area contributed by atoms with Crippen molar-refractivity contribution in [1.29, 1.82) is 0 Å². The first-order chi connectivity index (χ1) is 14.2. The van der Waals surface area contributed by atoms with Crippen molar-refractivity contribution in [3.8, 4) is 11.5 Å². The highest BCUT2D eigenvalue weighted by Crippen LogP contribution is 2.26. The zero-order valence-electron chi connectivity index (χ0n) is 15.9. The monoisotopic (exact) mass is 404 g/mol. The van der Waals surface area contributed by atoms with E-state index in [1.165, 1.54) is 12.1 Å². The molecule has 1 aliphatic heterocycles. The third-order valence-corrected chi connectivity index (χ3v) is 5.37. The lowest BCUT2D eigenvalue weighted by molar-refractivity contribution is 0.482. The number of rotatable bonds is 6. The molecule has 146 valence electrons. The van der Waals surface area contributed by atoms with Crippen molar-refractivity contribution >= 4 is 34.3 Å². The van der Waals surface area contributed by atoms with Gasteiger partial charge < -0.3 is 19.9 Å². The molecule has 2 heterocycles. The van der Waals surface area contributed by atoms with Gasteiger partial charge in [0.05, 0.1) is 11.0 Å². The van der Waals surface area contributed by atoms with Crippen molar-refractivity contribution in [2.24, 2.45) is 0 Å². The molecule has 0 unspecified atom stereocenters. The van der Waals surface area contributed by atoms with E-state index in [1.54, 1.807) is 0 Å². The predicted octanol–water partition coefficient (Wildman–Crippen LogP) is 5.83. The lowest BCUT2D eigenvalue weighted by Gasteiger charge is -2.33. The predicted molar refractivity (Wildman–Crippen MR) is 118 cm³/mol. The molecule has 3 aromatic carbocycles. The van der Waals surface area contributed by atoms with Crippen molar-refractivity contribution in [2.75, 3.05) is 23.3 Å². The molecule has 6 heteroatoms. The average molecular weight is 405 g/mol. The van der Waals surface area contributed by atoms with Crippen LogP contribution in [0.5, 0.6) is 11.5 Å². The molecular formula is C23H21ClN4O. The number of nitrogens with one attached hydrogen (secondary N) is 2. The smallest absolute Gasteiger partial charge is 0.201 e. The SMILES string of the molecule is Clc1ccc(Oc2ccc(CNc3nc4ccc(N5CCC5)cc4[nH]3)cc2)cc1. The van der Waals surface area contributed by atoms with E-state index in [0.29, 0.717) is 11.6 Å². The number of ether oxygens (including phenoxy) is 1. The number of fused-ring (bicyclic) bond motifs is 1. The van der Waals surface area contributed by atoms with Gasteiger partial charge in [0.15, 0.2) is 0 Å². The number of H-pyrrole nitrogens is 1. The van der Waals surface area contributed by atoms with Gasteiger partial charge in [0, 0.05) is 30.3 Å². The number of imidazole rings is 1. The van der Waals surface area contributed by atoms with E-state index in [-0.39, 0.29) is 0 Å². The molecule has 29 heavy (non-hydrogen) atoms. The van der Waals surface area contributed by atoms with Crippen LogP contribution in [0.25, 0.3) is 11.0 Å². The molecule has 4 aromatic rings. The quantitative estimate of drug-likeness (QED) is 0.424. The summed E-state index contributed by atoms with van der Waals surface area (Å²) in [5, 5.41) is 4.06. The molecule has 0 saturated carbocycles. The highest BCUT2D eigenvalue weighted by molar-refractivity contribution is 6.30. The second kappa shape index (κ2) is 7.68. The van der Waals surface area contributed by atoms with Crippen molar-refractivity contribution in [2.45, 2.75) is 13.0 Å². The summed E-state index contributed by atoms with van der Waals surface area (Å²) in [5.74, 6) is 2.33. The summed E-state index contributed by atoms with van der Waals surface area (Å²) < 4.78 is 5.83. The number of nitrogens with zero attached hydrogens (tertiary/aromatic N) is 2. The number of aromatic amines is 1. The van der Waals surface area contributed by atoms with Crippen LogP contribution in [0.2, 0.25) is 5.02 Å².